The third-order valence-corrected chi connectivity index (χ3v) is 5.34. The number of carbonyl (C=O) groups excluding carboxylic acids is 2. The summed E-state index contributed by atoms with van der Waals surface area (Å²) in [6, 6.07) is 15.2. The molecule has 0 aliphatic rings. The first-order chi connectivity index (χ1) is 13.5. The highest BCUT2D eigenvalue weighted by Gasteiger charge is 2.13. The second-order valence-corrected chi connectivity index (χ2v) is 7.43. The minimum Gasteiger partial charge on any atom is -0.455 e. The molecular formula is C21H19ClN2O3S. The number of nitrogens with one attached hydrogen (secondary N) is 1. The van der Waals surface area contributed by atoms with Gasteiger partial charge in [0.05, 0.1) is 17.1 Å². The van der Waals surface area contributed by atoms with Crippen LogP contribution in [-0.4, -0.2) is 23.5 Å². The van der Waals surface area contributed by atoms with Crippen LogP contribution in [0.15, 0.2) is 53.9 Å². The molecule has 0 aliphatic heterocycles. The van der Waals surface area contributed by atoms with Crippen LogP contribution in [0.2, 0.25) is 5.02 Å². The maximum absolute atomic E-state index is 12.0. The largest absolute Gasteiger partial charge is 0.455 e. The zero-order valence-corrected chi connectivity index (χ0v) is 16.8. The van der Waals surface area contributed by atoms with Crippen molar-refractivity contribution in [1.82, 2.24) is 10.3 Å². The summed E-state index contributed by atoms with van der Waals surface area (Å²) in [5, 5.41) is 5.88. The van der Waals surface area contributed by atoms with Crippen LogP contribution in [0, 0.1) is 6.92 Å². The summed E-state index contributed by atoms with van der Waals surface area (Å²) >= 11 is 7.58. The maximum Gasteiger partial charge on any atom is 0.312 e. The average Bonchev–Trinajstić information content (AvgIpc) is 3.14. The Morgan fingerprint density at radius 2 is 1.89 bits per heavy atom. The van der Waals surface area contributed by atoms with Crippen LogP contribution in [0.25, 0.3) is 10.6 Å². The summed E-state index contributed by atoms with van der Waals surface area (Å²) in [5.41, 5.74) is 3.53. The minimum absolute atomic E-state index is 0.00598. The number of halogens is 1. The van der Waals surface area contributed by atoms with Crippen molar-refractivity contribution in [3.63, 3.8) is 0 Å². The summed E-state index contributed by atoms with van der Waals surface area (Å²) in [4.78, 5) is 28.3. The predicted octanol–water partition coefficient (Wildman–Crippen LogP) is 4.17. The third-order valence-electron chi connectivity index (χ3n) is 4.08. The highest BCUT2D eigenvalue weighted by molar-refractivity contribution is 7.13. The second kappa shape index (κ2) is 9.48. The van der Waals surface area contributed by atoms with Gasteiger partial charge in [0.1, 0.15) is 5.01 Å². The Kier molecular flexibility index (Phi) is 6.79. The third kappa shape index (κ3) is 5.41. The lowest BCUT2D eigenvalue weighted by atomic mass is 10.1. The van der Waals surface area contributed by atoms with Crippen molar-refractivity contribution in [2.75, 3.05) is 6.61 Å². The molecule has 3 rings (SSSR count). The van der Waals surface area contributed by atoms with Crippen LogP contribution in [0.3, 0.4) is 0 Å². The molecule has 0 atom stereocenters. The molecule has 1 N–H and O–H groups in total. The van der Waals surface area contributed by atoms with Crippen LogP contribution in [0.4, 0.5) is 0 Å². The number of rotatable bonds is 7. The molecule has 5 nitrogen and oxygen atoms in total. The van der Waals surface area contributed by atoms with Gasteiger partial charge in [0, 0.05) is 17.5 Å². The van der Waals surface area contributed by atoms with E-state index in [0.29, 0.717) is 17.3 Å². The SMILES string of the molecule is Cc1ccccc1CNC(=O)COC(=O)Cc1csc(-c2ccccc2Cl)n1. The molecule has 0 saturated heterocycles. The fraction of sp³-hybridized carbons (Fsp3) is 0.190. The lowest BCUT2D eigenvalue weighted by Crippen LogP contribution is -2.28. The van der Waals surface area contributed by atoms with Gasteiger partial charge in [0.15, 0.2) is 6.61 Å². The van der Waals surface area contributed by atoms with Crippen LogP contribution < -0.4 is 5.32 Å². The molecule has 0 radical (unpaired) electrons. The Hall–Kier alpha value is -2.70. The van der Waals surface area contributed by atoms with E-state index in [2.05, 4.69) is 10.3 Å². The normalized spacial score (nSPS) is 10.5. The predicted molar refractivity (Wildman–Crippen MR) is 110 cm³/mol. The number of ether oxygens (including phenoxy) is 1. The van der Waals surface area contributed by atoms with E-state index in [4.69, 9.17) is 16.3 Å². The van der Waals surface area contributed by atoms with Gasteiger partial charge in [-0.1, -0.05) is 54.1 Å². The molecule has 0 unspecified atom stereocenters. The lowest BCUT2D eigenvalue weighted by molar-refractivity contribution is -0.147. The number of thiazole rings is 1. The van der Waals surface area contributed by atoms with Crippen molar-refractivity contribution in [2.24, 2.45) is 0 Å². The molecule has 144 valence electrons. The zero-order valence-electron chi connectivity index (χ0n) is 15.3. The van der Waals surface area contributed by atoms with Crippen molar-refractivity contribution >= 4 is 34.8 Å². The molecule has 0 bridgehead atoms. The van der Waals surface area contributed by atoms with Crippen molar-refractivity contribution in [3.05, 3.63) is 75.8 Å². The fourth-order valence-corrected chi connectivity index (χ4v) is 3.68. The summed E-state index contributed by atoms with van der Waals surface area (Å²) in [6.07, 6.45) is 0.00598. The number of aryl methyl sites for hydroxylation is 1. The van der Waals surface area contributed by atoms with E-state index in [0.717, 1.165) is 21.7 Å². The average molecular weight is 415 g/mol. The van der Waals surface area contributed by atoms with Gasteiger partial charge in [-0.3, -0.25) is 9.59 Å². The van der Waals surface area contributed by atoms with E-state index in [1.165, 1.54) is 11.3 Å². The number of amides is 1. The smallest absolute Gasteiger partial charge is 0.312 e. The summed E-state index contributed by atoms with van der Waals surface area (Å²) in [5.74, 6) is -0.839. The summed E-state index contributed by atoms with van der Waals surface area (Å²) in [7, 11) is 0. The first-order valence-electron chi connectivity index (χ1n) is 8.69. The number of benzene rings is 2. The van der Waals surface area contributed by atoms with E-state index >= 15 is 0 Å². The van der Waals surface area contributed by atoms with Gasteiger partial charge in [-0.25, -0.2) is 4.98 Å². The second-order valence-electron chi connectivity index (χ2n) is 6.16. The Morgan fingerprint density at radius 1 is 1.14 bits per heavy atom. The van der Waals surface area contributed by atoms with Gasteiger partial charge in [0.25, 0.3) is 5.91 Å². The van der Waals surface area contributed by atoms with Crippen LogP contribution in [0.1, 0.15) is 16.8 Å². The van der Waals surface area contributed by atoms with Crippen LogP contribution in [-0.2, 0) is 27.3 Å². The topological polar surface area (TPSA) is 68.3 Å². The number of hydrogen-bond acceptors (Lipinski definition) is 5. The van der Waals surface area contributed by atoms with Crippen molar-refractivity contribution in [1.29, 1.82) is 0 Å². The van der Waals surface area contributed by atoms with E-state index in [9.17, 15) is 9.59 Å². The number of carbonyl (C=O) groups is 2. The van der Waals surface area contributed by atoms with Crippen molar-refractivity contribution in [3.8, 4) is 10.6 Å². The van der Waals surface area contributed by atoms with Gasteiger partial charge in [0.2, 0.25) is 0 Å². The molecule has 0 aliphatic carbocycles. The molecule has 1 heterocycles. The Bertz CT molecular complexity index is 987. The summed E-state index contributed by atoms with van der Waals surface area (Å²) in [6.45, 7) is 2.06. The first-order valence-corrected chi connectivity index (χ1v) is 9.95. The lowest BCUT2D eigenvalue weighted by Gasteiger charge is -2.08. The molecule has 2 aromatic carbocycles. The molecule has 1 aromatic heterocycles. The minimum atomic E-state index is -0.498. The highest BCUT2D eigenvalue weighted by Crippen LogP contribution is 2.30. The maximum atomic E-state index is 12.0. The van der Waals surface area contributed by atoms with E-state index in [-0.39, 0.29) is 18.9 Å². The highest BCUT2D eigenvalue weighted by atomic mass is 35.5. The molecular weight excluding hydrogens is 396 g/mol. The van der Waals surface area contributed by atoms with Crippen molar-refractivity contribution in [2.45, 2.75) is 19.9 Å². The number of aromatic nitrogens is 1. The molecule has 1 amide bonds. The van der Waals surface area contributed by atoms with E-state index in [1.807, 2.05) is 49.4 Å². The summed E-state index contributed by atoms with van der Waals surface area (Å²) < 4.78 is 5.05. The Morgan fingerprint density at radius 3 is 2.68 bits per heavy atom. The molecule has 28 heavy (non-hydrogen) atoms. The molecule has 0 saturated carbocycles. The Labute approximate surface area is 172 Å². The van der Waals surface area contributed by atoms with Crippen molar-refractivity contribution < 1.29 is 14.3 Å². The van der Waals surface area contributed by atoms with E-state index in [1.54, 1.807) is 11.4 Å². The molecule has 7 heteroatoms. The number of nitrogens with zero attached hydrogens (tertiary/aromatic N) is 1. The monoisotopic (exact) mass is 414 g/mol. The number of hydrogen-bond donors (Lipinski definition) is 1. The number of esters is 1. The van der Waals surface area contributed by atoms with Gasteiger partial charge in [-0.05, 0) is 24.1 Å². The quantitative estimate of drug-likeness (QED) is 0.589. The zero-order chi connectivity index (χ0) is 19.9. The first kappa shape index (κ1) is 20.0. The van der Waals surface area contributed by atoms with Gasteiger partial charge < -0.3 is 10.1 Å². The van der Waals surface area contributed by atoms with Crippen LogP contribution in [0.5, 0.6) is 0 Å². The van der Waals surface area contributed by atoms with Gasteiger partial charge in [-0.15, -0.1) is 11.3 Å². The van der Waals surface area contributed by atoms with Gasteiger partial charge in [-0.2, -0.15) is 0 Å². The van der Waals surface area contributed by atoms with Gasteiger partial charge >= 0.3 is 5.97 Å². The molecule has 0 fully saturated rings. The fourth-order valence-electron chi connectivity index (χ4n) is 2.54. The van der Waals surface area contributed by atoms with E-state index < -0.39 is 5.97 Å². The standard InChI is InChI=1S/C21H19ClN2O3S/c1-14-6-2-3-7-15(14)11-23-19(25)12-27-20(26)10-16-13-28-21(24-16)17-8-4-5-9-18(17)22/h2-9,13H,10-12H2,1H3,(H,23,25). The molecule has 0 spiro atoms. The van der Waals surface area contributed by atoms with Crippen LogP contribution >= 0.6 is 22.9 Å². The Balaban J connectivity index is 1.46. The molecule has 3 aromatic rings.